The van der Waals surface area contributed by atoms with Gasteiger partial charge in [0, 0.05) is 5.33 Å². The number of thioether (sulfide) groups is 1. The van der Waals surface area contributed by atoms with E-state index in [1.54, 1.807) is 11.8 Å². The summed E-state index contributed by atoms with van der Waals surface area (Å²) < 4.78 is 0. The molecule has 1 aromatic carbocycles. The van der Waals surface area contributed by atoms with Crippen molar-refractivity contribution in [3.8, 4) is 0 Å². The predicted molar refractivity (Wildman–Crippen MR) is 76.6 cm³/mol. The predicted octanol–water partition coefficient (Wildman–Crippen LogP) is 3.13. The SMILES string of the molecule is O=C(NC(CBr)c1ccccc1)C1CCCS1. The van der Waals surface area contributed by atoms with Crippen LogP contribution in [0.2, 0.25) is 0 Å². The number of alkyl halides is 1. The van der Waals surface area contributed by atoms with Crippen molar-refractivity contribution < 1.29 is 4.79 Å². The van der Waals surface area contributed by atoms with Crippen LogP contribution in [0, 0.1) is 0 Å². The van der Waals surface area contributed by atoms with Crippen LogP contribution in [0.3, 0.4) is 0 Å². The van der Waals surface area contributed by atoms with Crippen LogP contribution < -0.4 is 5.32 Å². The van der Waals surface area contributed by atoms with Gasteiger partial charge < -0.3 is 5.32 Å². The Morgan fingerprint density at radius 1 is 1.47 bits per heavy atom. The molecule has 1 aliphatic rings. The molecule has 0 radical (unpaired) electrons. The van der Waals surface area contributed by atoms with Gasteiger partial charge in [0.25, 0.3) is 0 Å². The third kappa shape index (κ3) is 3.49. The van der Waals surface area contributed by atoms with Gasteiger partial charge in [-0.05, 0) is 24.2 Å². The third-order valence-corrected chi connectivity index (χ3v) is 4.92. The van der Waals surface area contributed by atoms with Gasteiger partial charge >= 0.3 is 0 Å². The van der Waals surface area contributed by atoms with Crippen molar-refractivity contribution in [2.24, 2.45) is 0 Å². The normalized spacial score (nSPS) is 21.1. The Hall–Kier alpha value is -0.480. The molecule has 0 spiro atoms. The first-order chi connectivity index (χ1) is 8.31. The Morgan fingerprint density at radius 3 is 2.82 bits per heavy atom. The number of nitrogens with one attached hydrogen (secondary N) is 1. The standard InChI is InChI=1S/C13H16BrNOS/c14-9-11(10-5-2-1-3-6-10)15-13(16)12-7-4-8-17-12/h1-3,5-6,11-12H,4,7-9H2,(H,15,16). The number of carbonyl (C=O) groups excluding carboxylic acids is 1. The topological polar surface area (TPSA) is 29.1 Å². The van der Waals surface area contributed by atoms with Crippen LogP contribution in [0.4, 0.5) is 0 Å². The number of hydrogen-bond donors (Lipinski definition) is 1. The Bertz CT molecular complexity index is 365. The fraction of sp³-hybridized carbons (Fsp3) is 0.462. The van der Waals surface area contributed by atoms with E-state index in [1.807, 2.05) is 30.3 Å². The minimum atomic E-state index is 0.0740. The lowest BCUT2D eigenvalue weighted by atomic mass is 10.1. The summed E-state index contributed by atoms with van der Waals surface area (Å²) in [5.41, 5.74) is 1.15. The van der Waals surface area contributed by atoms with E-state index in [9.17, 15) is 4.79 Å². The van der Waals surface area contributed by atoms with Gasteiger partial charge in [-0.2, -0.15) is 0 Å². The summed E-state index contributed by atoms with van der Waals surface area (Å²) in [6.45, 7) is 0. The monoisotopic (exact) mass is 313 g/mol. The van der Waals surface area contributed by atoms with E-state index < -0.39 is 0 Å². The van der Waals surface area contributed by atoms with Crippen molar-refractivity contribution in [2.75, 3.05) is 11.1 Å². The number of rotatable bonds is 4. The second-order valence-electron chi connectivity index (χ2n) is 4.13. The maximum Gasteiger partial charge on any atom is 0.233 e. The minimum absolute atomic E-state index is 0.0740. The van der Waals surface area contributed by atoms with Crippen LogP contribution in [0.5, 0.6) is 0 Å². The van der Waals surface area contributed by atoms with Crippen molar-refractivity contribution in [3.05, 3.63) is 35.9 Å². The minimum Gasteiger partial charge on any atom is -0.347 e. The first-order valence-electron chi connectivity index (χ1n) is 5.84. The van der Waals surface area contributed by atoms with Crippen LogP contribution in [0.25, 0.3) is 0 Å². The summed E-state index contributed by atoms with van der Waals surface area (Å²) in [7, 11) is 0. The number of halogens is 1. The third-order valence-electron chi connectivity index (χ3n) is 2.89. The molecule has 1 fully saturated rings. The van der Waals surface area contributed by atoms with E-state index in [2.05, 4.69) is 21.2 Å². The number of benzene rings is 1. The molecule has 4 heteroatoms. The van der Waals surface area contributed by atoms with Gasteiger partial charge in [-0.25, -0.2) is 0 Å². The molecule has 92 valence electrons. The van der Waals surface area contributed by atoms with Crippen molar-refractivity contribution in [2.45, 2.75) is 24.1 Å². The zero-order valence-corrected chi connectivity index (χ0v) is 12.0. The molecule has 17 heavy (non-hydrogen) atoms. The van der Waals surface area contributed by atoms with E-state index in [0.717, 1.165) is 29.5 Å². The van der Waals surface area contributed by atoms with Crippen LogP contribution >= 0.6 is 27.7 Å². The molecule has 1 amide bonds. The van der Waals surface area contributed by atoms with Crippen LogP contribution in [0.15, 0.2) is 30.3 Å². The molecule has 0 saturated carbocycles. The zero-order chi connectivity index (χ0) is 12.1. The van der Waals surface area contributed by atoms with Crippen molar-refractivity contribution >= 4 is 33.6 Å². The number of amides is 1. The summed E-state index contributed by atoms with van der Waals surface area (Å²) in [6.07, 6.45) is 2.17. The summed E-state index contributed by atoms with van der Waals surface area (Å²) in [4.78, 5) is 12.0. The van der Waals surface area contributed by atoms with Gasteiger partial charge in [0.05, 0.1) is 11.3 Å². The molecule has 2 rings (SSSR count). The maximum absolute atomic E-state index is 12.0. The molecule has 0 aromatic heterocycles. The van der Waals surface area contributed by atoms with E-state index in [1.165, 1.54) is 0 Å². The fourth-order valence-corrected chi connectivity index (χ4v) is 3.65. The average Bonchev–Trinajstić information content (AvgIpc) is 2.90. The van der Waals surface area contributed by atoms with Gasteiger partial charge in [0.15, 0.2) is 0 Å². The molecule has 2 nitrogen and oxygen atoms in total. The van der Waals surface area contributed by atoms with Crippen molar-refractivity contribution in [1.29, 1.82) is 0 Å². The van der Waals surface area contributed by atoms with Gasteiger partial charge in [-0.3, -0.25) is 4.79 Å². The summed E-state index contributed by atoms with van der Waals surface area (Å²) in [6, 6.07) is 10.2. The molecular weight excluding hydrogens is 298 g/mol. The lowest BCUT2D eigenvalue weighted by Crippen LogP contribution is -2.35. The second-order valence-corrected chi connectivity index (χ2v) is 6.09. The van der Waals surface area contributed by atoms with Gasteiger partial charge in [0.2, 0.25) is 5.91 Å². The first-order valence-corrected chi connectivity index (χ1v) is 8.01. The molecule has 1 N–H and O–H groups in total. The highest BCUT2D eigenvalue weighted by molar-refractivity contribution is 9.09. The fourth-order valence-electron chi connectivity index (χ4n) is 1.95. The van der Waals surface area contributed by atoms with Crippen LogP contribution in [-0.2, 0) is 4.79 Å². The Balaban J connectivity index is 1.97. The molecular formula is C13H16BrNOS. The molecule has 0 bridgehead atoms. The molecule has 1 aliphatic heterocycles. The quantitative estimate of drug-likeness (QED) is 0.865. The van der Waals surface area contributed by atoms with E-state index in [4.69, 9.17) is 0 Å². The smallest absolute Gasteiger partial charge is 0.233 e. The Labute approximate surface area is 115 Å². The number of carbonyl (C=O) groups is 1. The summed E-state index contributed by atoms with van der Waals surface area (Å²) in [5.74, 6) is 1.29. The lowest BCUT2D eigenvalue weighted by molar-refractivity contribution is -0.121. The highest BCUT2D eigenvalue weighted by Gasteiger charge is 2.25. The van der Waals surface area contributed by atoms with Crippen molar-refractivity contribution in [1.82, 2.24) is 5.32 Å². The van der Waals surface area contributed by atoms with Gasteiger partial charge in [-0.1, -0.05) is 46.3 Å². The van der Waals surface area contributed by atoms with Crippen LogP contribution in [0.1, 0.15) is 24.4 Å². The van der Waals surface area contributed by atoms with E-state index in [0.29, 0.717) is 0 Å². The highest BCUT2D eigenvalue weighted by Crippen LogP contribution is 2.27. The maximum atomic E-state index is 12.0. The molecule has 2 unspecified atom stereocenters. The first kappa shape index (κ1) is 13.0. The molecule has 1 heterocycles. The van der Waals surface area contributed by atoms with Gasteiger partial charge in [0.1, 0.15) is 0 Å². The molecule has 2 atom stereocenters. The number of hydrogen-bond acceptors (Lipinski definition) is 2. The molecule has 1 aromatic rings. The van der Waals surface area contributed by atoms with E-state index >= 15 is 0 Å². The van der Waals surface area contributed by atoms with E-state index in [-0.39, 0.29) is 17.2 Å². The Morgan fingerprint density at radius 2 is 2.24 bits per heavy atom. The van der Waals surface area contributed by atoms with Crippen LogP contribution in [-0.4, -0.2) is 22.2 Å². The highest BCUT2D eigenvalue weighted by atomic mass is 79.9. The molecule has 0 aliphatic carbocycles. The van der Waals surface area contributed by atoms with Crippen molar-refractivity contribution in [3.63, 3.8) is 0 Å². The Kier molecular flexibility index (Phi) is 4.92. The zero-order valence-electron chi connectivity index (χ0n) is 9.56. The summed E-state index contributed by atoms with van der Waals surface area (Å²) in [5, 5.41) is 4.02. The van der Waals surface area contributed by atoms with Gasteiger partial charge in [-0.15, -0.1) is 11.8 Å². The second kappa shape index (κ2) is 6.45. The average molecular weight is 314 g/mol. The largest absolute Gasteiger partial charge is 0.347 e. The summed E-state index contributed by atoms with van der Waals surface area (Å²) >= 11 is 5.24. The molecule has 1 saturated heterocycles. The lowest BCUT2D eigenvalue weighted by Gasteiger charge is -2.18.